The number of hydrogen-bond donors (Lipinski definition) is 3. The van der Waals surface area contributed by atoms with Crippen LogP contribution in [0.2, 0.25) is 0 Å². The van der Waals surface area contributed by atoms with E-state index in [2.05, 4.69) is 19.9 Å². The van der Waals surface area contributed by atoms with Crippen molar-refractivity contribution in [3.05, 3.63) is 66.1 Å². The third kappa shape index (κ3) is 2.92. The number of H-pyrrole nitrogens is 1. The summed E-state index contributed by atoms with van der Waals surface area (Å²) in [7, 11) is 0. The molecule has 0 aliphatic carbocycles. The number of benzene rings is 2. The van der Waals surface area contributed by atoms with Crippen molar-refractivity contribution < 1.29 is 5.11 Å². The fraction of sp³-hybridized carbons (Fsp3) is 0. The minimum absolute atomic E-state index is 0.0969. The topological polar surface area (TPSA) is 101 Å². The highest BCUT2D eigenvalue weighted by Crippen LogP contribution is 2.26. The fourth-order valence-corrected chi connectivity index (χ4v) is 2.66. The second kappa shape index (κ2) is 6.09. The lowest BCUT2D eigenvalue weighted by Gasteiger charge is -2.04. The highest BCUT2D eigenvalue weighted by atomic mass is 16.3. The Hall–Kier alpha value is -3.67. The lowest BCUT2D eigenvalue weighted by Crippen LogP contribution is -2.02. The van der Waals surface area contributed by atoms with Crippen LogP contribution in [0.4, 0.5) is 5.95 Å². The van der Waals surface area contributed by atoms with Gasteiger partial charge in [0.2, 0.25) is 5.95 Å². The van der Waals surface area contributed by atoms with Crippen molar-refractivity contribution in [1.82, 2.24) is 19.9 Å². The van der Waals surface area contributed by atoms with Gasteiger partial charge in [0.05, 0.1) is 5.56 Å². The molecule has 6 nitrogen and oxygen atoms in total. The van der Waals surface area contributed by atoms with Crippen molar-refractivity contribution in [3.63, 3.8) is 0 Å². The van der Waals surface area contributed by atoms with Crippen LogP contribution in [0.3, 0.4) is 0 Å². The summed E-state index contributed by atoms with van der Waals surface area (Å²) in [5.74, 6) is 0.965. The van der Waals surface area contributed by atoms with Crippen LogP contribution < -0.4 is 5.73 Å². The molecule has 2 aromatic heterocycles. The average Bonchev–Trinajstić information content (AvgIpc) is 3.03. The molecule has 0 saturated carbocycles. The average molecular weight is 329 g/mol. The predicted octanol–water partition coefficient (Wildman–Crippen LogP) is 3.48. The first kappa shape index (κ1) is 14.9. The van der Waals surface area contributed by atoms with Crippen molar-refractivity contribution in [2.45, 2.75) is 0 Å². The minimum Gasteiger partial charge on any atom is -0.507 e. The Morgan fingerprint density at radius 2 is 1.72 bits per heavy atom. The zero-order valence-corrected chi connectivity index (χ0v) is 13.2. The molecule has 25 heavy (non-hydrogen) atoms. The van der Waals surface area contributed by atoms with Gasteiger partial charge >= 0.3 is 0 Å². The quantitative estimate of drug-likeness (QED) is 0.534. The fourth-order valence-electron chi connectivity index (χ4n) is 2.66. The molecule has 2 aromatic carbocycles. The highest BCUT2D eigenvalue weighted by Gasteiger charge is 2.09. The van der Waals surface area contributed by atoms with Gasteiger partial charge in [-0.05, 0) is 35.9 Å². The molecular weight excluding hydrogens is 314 g/mol. The van der Waals surface area contributed by atoms with Crippen molar-refractivity contribution in [2.75, 3.05) is 5.73 Å². The molecule has 0 aliphatic rings. The molecule has 0 aliphatic heterocycles. The van der Waals surface area contributed by atoms with Gasteiger partial charge in [-0.2, -0.15) is 9.97 Å². The van der Waals surface area contributed by atoms with Crippen LogP contribution in [0.25, 0.3) is 34.4 Å². The summed E-state index contributed by atoms with van der Waals surface area (Å²) in [5, 5.41) is 11.1. The number of anilines is 1. The molecule has 122 valence electrons. The molecule has 0 radical (unpaired) electrons. The molecule has 2 heterocycles. The molecule has 0 saturated heterocycles. The number of para-hydroxylation sites is 2. The van der Waals surface area contributed by atoms with Gasteiger partial charge in [0.1, 0.15) is 5.75 Å². The molecular formula is C19H15N5O. The van der Waals surface area contributed by atoms with Crippen molar-refractivity contribution in [3.8, 4) is 17.1 Å². The summed E-state index contributed by atoms with van der Waals surface area (Å²) < 4.78 is 0. The van der Waals surface area contributed by atoms with Crippen LogP contribution in [0.1, 0.15) is 11.4 Å². The van der Waals surface area contributed by atoms with Crippen molar-refractivity contribution in [2.24, 2.45) is 0 Å². The maximum absolute atomic E-state index is 9.98. The van der Waals surface area contributed by atoms with Gasteiger partial charge in [-0.3, -0.25) is 0 Å². The van der Waals surface area contributed by atoms with Gasteiger partial charge in [-0.15, -0.1) is 0 Å². The zero-order valence-electron chi connectivity index (χ0n) is 13.2. The lowest BCUT2D eigenvalue weighted by molar-refractivity contribution is 0.477. The van der Waals surface area contributed by atoms with Gasteiger partial charge in [0.15, 0.2) is 11.6 Å². The summed E-state index contributed by atoms with van der Waals surface area (Å²) in [6, 6.07) is 14.9. The number of fused-ring (bicyclic) bond motifs is 1. The molecule has 6 heteroatoms. The molecule has 0 spiro atoms. The molecule has 4 N–H and O–H groups in total. The summed E-state index contributed by atoms with van der Waals surface area (Å²) >= 11 is 0. The Balaban J connectivity index is 1.73. The number of nitrogens with two attached hydrogens (primary N) is 1. The Labute approximate surface area is 143 Å². The van der Waals surface area contributed by atoms with Crippen molar-refractivity contribution >= 4 is 29.0 Å². The van der Waals surface area contributed by atoms with E-state index < -0.39 is 0 Å². The van der Waals surface area contributed by atoms with E-state index in [0.29, 0.717) is 17.2 Å². The molecule has 4 rings (SSSR count). The Kier molecular flexibility index (Phi) is 3.63. The van der Waals surface area contributed by atoms with Gasteiger partial charge in [0.25, 0.3) is 0 Å². The van der Waals surface area contributed by atoms with Crippen LogP contribution in [0.5, 0.6) is 5.75 Å². The number of aromatic amines is 1. The van der Waals surface area contributed by atoms with Gasteiger partial charge in [-0.25, -0.2) is 4.98 Å². The van der Waals surface area contributed by atoms with Gasteiger partial charge in [-0.1, -0.05) is 30.3 Å². The summed E-state index contributed by atoms with van der Waals surface area (Å²) in [6.45, 7) is 0. The third-order valence-electron chi connectivity index (χ3n) is 3.85. The van der Waals surface area contributed by atoms with Gasteiger partial charge in [0, 0.05) is 17.1 Å². The van der Waals surface area contributed by atoms with E-state index in [1.807, 2.05) is 36.5 Å². The minimum atomic E-state index is 0.0969. The summed E-state index contributed by atoms with van der Waals surface area (Å²) in [6.07, 6.45) is 5.62. The third-order valence-corrected chi connectivity index (χ3v) is 3.85. The van der Waals surface area contributed by atoms with E-state index in [1.54, 1.807) is 30.3 Å². The zero-order chi connectivity index (χ0) is 17.2. The standard InChI is InChI=1S/C19H15N5O/c20-19-23-17(22-18(24-19)14-6-2-4-8-16(14)25)10-9-12-11-21-15-7-3-1-5-13(12)15/h1-11,21,25H,(H2,20,22,23,24). The second-order valence-corrected chi connectivity index (χ2v) is 5.52. The van der Waals surface area contributed by atoms with Crippen LogP contribution in [-0.4, -0.2) is 25.0 Å². The number of hydrogen-bond acceptors (Lipinski definition) is 5. The first-order valence-electron chi connectivity index (χ1n) is 7.75. The molecule has 0 atom stereocenters. The number of nitrogens with one attached hydrogen (secondary N) is 1. The number of rotatable bonds is 3. The number of nitrogen functional groups attached to an aromatic ring is 1. The summed E-state index contributed by atoms with van der Waals surface area (Å²) in [5.41, 5.74) is 8.40. The molecule has 0 bridgehead atoms. The van der Waals surface area contributed by atoms with Crippen LogP contribution in [-0.2, 0) is 0 Å². The van der Waals surface area contributed by atoms with E-state index in [1.165, 1.54) is 0 Å². The van der Waals surface area contributed by atoms with Crippen LogP contribution in [0.15, 0.2) is 54.7 Å². The molecule has 0 unspecified atom stereocenters. The largest absolute Gasteiger partial charge is 0.507 e. The van der Waals surface area contributed by atoms with E-state index >= 15 is 0 Å². The maximum atomic E-state index is 9.98. The summed E-state index contributed by atoms with van der Waals surface area (Å²) in [4.78, 5) is 15.9. The Bertz CT molecular complexity index is 1080. The highest BCUT2D eigenvalue weighted by molar-refractivity contribution is 5.91. The van der Waals surface area contributed by atoms with E-state index in [4.69, 9.17) is 5.73 Å². The normalized spacial score (nSPS) is 11.4. The van der Waals surface area contributed by atoms with Gasteiger partial charge < -0.3 is 15.8 Å². The monoisotopic (exact) mass is 329 g/mol. The first-order valence-corrected chi connectivity index (χ1v) is 7.75. The SMILES string of the molecule is Nc1nc(C=Cc2c[nH]c3ccccc23)nc(-c2ccccc2O)n1. The number of aromatic nitrogens is 4. The smallest absolute Gasteiger partial charge is 0.224 e. The Morgan fingerprint density at radius 1 is 0.920 bits per heavy atom. The number of phenolic OH excluding ortho intramolecular Hbond substituents is 1. The van der Waals surface area contributed by atoms with E-state index in [-0.39, 0.29) is 11.7 Å². The van der Waals surface area contributed by atoms with E-state index in [9.17, 15) is 5.11 Å². The molecule has 0 amide bonds. The second-order valence-electron chi connectivity index (χ2n) is 5.52. The van der Waals surface area contributed by atoms with Crippen LogP contribution >= 0.6 is 0 Å². The molecule has 0 fully saturated rings. The van der Waals surface area contributed by atoms with Crippen LogP contribution in [0, 0.1) is 0 Å². The van der Waals surface area contributed by atoms with E-state index in [0.717, 1.165) is 16.5 Å². The van der Waals surface area contributed by atoms with Crippen molar-refractivity contribution in [1.29, 1.82) is 0 Å². The first-order chi connectivity index (χ1) is 12.2. The molecule has 4 aromatic rings. The predicted molar refractivity (Wildman–Crippen MR) is 98.6 cm³/mol. The maximum Gasteiger partial charge on any atom is 0.224 e. The number of nitrogens with zero attached hydrogens (tertiary/aromatic N) is 3. The lowest BCUT2D eigenvalue weighted by atomic mass is 10.1. The number of phenols is 1. The number of aromatic hydroxyl groups is 1. The Morgan fingerprint density at radius 3 is 2.60 bits per heavy atom.